The SMILES string of the molecule is CN(C(=O)c1ccsc1)c1ccc(N)cc1C(=O)O. The number of carboxylic acid groups (broad SMARTS) is 1. The van der Waals surface area contributed by atoms with Crippen molar-refractivity contribution in [2.24, 2.45) is 0 Å². The first kappa shape index (κ1) is 13.1. The Hall–Kier alpha value is -2.34. The normalized spacial score (nSPS) is 10.2. The van der Waals surface area contributed by atoms with E-state index in [1.165, 1.54) is 35.4 Å². The van der Waals surface area contributed by atoms with Gasteiger partial charge in [0.25, 0.3) is 5.91 Å². The Bertz CT molecular complexity index is 623. The molecule has 1 heterocycles. The Morgan fingerprint density at radius 1 is 1.32 bits per heavy atom. The third kappa shape index (κ3) is 2.58. The second kappa shape index (κ2) is 5.11. The number of carbonyl (C=O) groups is 2. The van der Waals surface area contributed by atoms with Crippen molar-refractivity contribution in [2.75, 3.05) is 17.7 Å². The van der Waals surface area contributed by atoms with Crippen LogP contribution < -0.4 is 10.6 Å². The van der Waals surface area contributed by atoms with E-state index < -0.39 is 5.97 Å². The van der Waals surface area contributed by atoms with Crippen LogP contribution in [0.5, 0.6) is 0 Å². The molecule has 0 saturated heterocycles. The Morgan fingerprint density at radius 2 is 2.05 bits per heavy atom. The number of aromatic carboxylic acids is 1. The Kier molecular flexibility index (Phi) is 3.52. The van der Waals surface area contributed by atoms with Gasteiger partial charge in [-0.3, -0.25) is 4.79 Å². The second-order valence-electron chi connectivity index (χ2n) is 3.96. The van der Waals surface area contributed by atoms with Crippen LogP contribution in [0, 0.1) is 0 Å². The van der Waals surface area contributed by atoms with Crippen LogP contribution in [0.3, 0.4) is 0 Å². The number of rotatable bonds is 3. The van der Waals surface area contributed by atoms with Crippen LogP contribution in [0.15, 0.2) is 35.0 Å². The van der Waals surface area contributed by atoms with Crippen LogP contribution >= 0.6 is 11.3 Å². The minimum absolute atomic E-state index is 0.00563. The first-order valence-electron chi connectivity index (χ1n) is 5.44. The van der Waals surface area contributed by atoms with Crippen molar-refractivity contribution in [2.45, 2.75) is 0 Å². The molecule has 0 bridgehead atoms. The van der Waals surface area contributed by atoms with E-state index in [4.69, 9.17) is 10.8 Å². The largest absolute Gasteiger partial charge is 0.478 e. The number of benzene rings is 1. The lowest BCUT2D eigenvalue weighted by Crippen LogP contribution is -2.27. The number of nitrogen functional groups attached to an aromatic ring is 1. The number of anilines is 2. The summed E-state index contributed by atoms with van der Waals surface area (Å²) in [6.45, 7) is 0. The zero-order chi connectivity index (χ0) is 14.0. The summed E-state index contributed by atoms with van der Waals surface area (Å²) in [5.74, 6) is -1.37. The van der Waals surface area contributed by atoms with Gasteiger partial charge >= 0.3 is 5.97 Å². The summed E-state index contributed by atoms with van der Waals surface area (Å²) in [5, 5.41) is 12.7. The molecule has 2 rings (SSSR count). The molecule has 0 spiro atoms. The van der Waals surface area contributed by atoms with Crippen LogP contribution in [-0.4, -0.2) is 24.0 Å². The van der Waals surface area contributed by atoms with E-state index in [0.29, 0.717) is 16.9 Å². The average molecular weight is 276 g/mol. The zero-order valence-electron chi connectivity index (χ0n) is 10.2. The fraction of sp³-hybridized carbons (Fsp3) is 0.0769. The molecule has 2 aromatic rings. The summed E-state index contributed by atoms with van der Waals surface area (Å²) < 4.78 is 0. The van der Waals surface area contributed by atoms with Gasteiger partial charge in [0.1, 0.15) is 0 Å². The number of amides is 1. The first-order valence-corrected chi connectivity index (χ1v) is 6.38. The van der Waals surface area contributed by atoms with Crippen LogP contribution in [0.4, 0.5) is 11.4 Å². The molecule has 5 nitrogen and oxygen atoms in total. The van der Waals surface area contributed by atoms with Crippen LogP contribution in [0.25, 0.3) is 0 Å². The van der Waals surface area contributed by atoms with E-state index in [1.807, 2.05) is 0 Å². The molecule has 0 radical (unpaired) electrons. The van der Waals surface area contributed by atoms with Gasteiger partial charge in [0.2, 0.25) is 0 Å². The predicted octanol–water partition coefficient (Wildman–Crippen LogP) is 2.31. The topological polar surface area (TPSA) is 83.6 Å². The van der Waals surface area contributed by atoms with Gasteiger partial charge in [0.05, 0.1) is 16.8 Å². The minimum atomic E-state index is -1.12. The van der Waals surface area contributed by atoms with E-state index >= 15 is 0 Å². The van der Waals surface area contributed by atoms with Crippen LogP contribution in [0.2, 0.25) is 0 Å². The van der Waals surface area contributed by atoms with Gasteiger partial charge in [0, 0.05) is 18.1 Å². The highest BCUT2D eigenvalue weighted by molar-refractivity contribution is 7.08. The third-order valence-corrected chi connectivity index (χ3v) is 3.37. The molecule has 98 valence electrons. The molecule has 0 atom stereocenters. The highest BCUT2D eigenvalue weighted by atomic mass is 32.1. The molecule has 3 N–H and O–H groups in total. The standard InChI is InChI=1S/C13H12N2O3S/c1-15(12(16)8-4-5-19-7-8)11-3-2-9(14)6-10(11)13(17)18/h2-7H,14H2,1H3,(H,17,18). The van der Waals surface area contributed by atoms with Crippen molar-refractivity contribution in [3.63, 3.8) is 0 Å². The summed E-state index contributed by atoms with van der Waals surface area (Å²) >= 11 is 1.41. The number of hydrogen-bond donors (Lipinski definition) is 2. The van der Waals surface area contributed by atoms with Crippen molar-refractivity contribution in [3.8, 4) is 0 Å². The molecule has 1 amide bonds. The molecule has 0 fully saturated rings. The summed E-state index contributed by atoms with van der Waals surface area (Å²) in [4.78, 5) is 24.7. The molecule has 1 aromatic carbocycles. The van der Waals surface area contributed by atoms with Crippen LogP contribution in [0.1, 0.15) is 20.7 Å². The summed E-state index contributed by atoms with van der Waals surface area (Å²) in [6, 6.07) is 6.14. The molecule has 19 heavy (non-hydrogen) atoms. The molecule has 0 aliphatic rings. The maximum atomic E-state index is 12.2. The van der Waals surface area contributed by atoms with Gasteiger partial charge in [-0.05, 0) is 29.6 Å². The first-order chi connectivity index (χ1) is 9.00. The molecule has 0 aliphatic heterocycles. The second-order valence-corrected chi connectivity index (χ2v) is 4.74. The van der Waals surface area contributed by atoms with E-state index in [9.17, 15) is 9.59 Å². The van der Waals surface area contributed by atoms with Gasteiger partial charge in [-0.2, -0.15) is 11.3 Å². The lowest BCUT2D eigenvalue weighted by atomic mass is 10.1. The molecular weight excluding hydrogens is 264 g/mol. The number of carboxylic acids is 1. The fourth-order valence-corrected chi connectivity index (χ4v) is 2.34. The molecule has 1 aromatic heterocycles. The Morgan fingerprint density at radius 3 is 2.63 bits per heavy atom. The smallest absolute Gasteiger partial charge is 0.337 e. The summed E-state index contributed by atoms with van der Waals surface area (Å²) in [5.41, 5.74) is 6.77. The van der Waals surface area contributed by atoms with Crippen LogP contribution in [-0.2, 0) is 0 Å². The van der Waals surface area contributed by atoms with Crippen molar-refractivity contribution in [1.29, 1.82) is 0 Å². The van der Waals surface area contributed by atoms with Crippen molar-refractivity contribution >= 4 is 34.6 Å². The van der Waals surface area contributed by atoms with E-state index in [2.05, 4.69) is 0 Å². The van der Waals surface area contributed by atoms with E-state index in [0.717, 1.165) is 0 Å². The van der Waals surface area contributed by atoms with Crippen molar-refractivity contribution in [3.05, 3.63) is 46.2 Å². The zero-order valence-corrected chi connectivity index (χ0v) is 11.0. The average Bonchev–Trinajstić information content (AvgIpc) is 2.90. The highest BCUT2D eigenvalue weighted by Gasteiger charge is 2.19. The third-order valence-electron chi connectivity index (χ3n) is 2.69. The minimum Gasteiger partial charge on any atom is -0.478 e. The van der Waals surface area contributed by atoms with Gasteiger partial charge < -0.3 is 15.7 Å². The van der Waals surface area contributed by atoms with Gasteiger partial charge in [-0.1, -0.05) is 0 Å². The molecule has 0 aliphatic carbocycles. The lowest BCUT2D eigenvalue weighted by molar-refractivity contribution is 0.0698. The number of nitrogens with two attached hydrogens (primary N) is 1. The van der Waals surface area contributed by atoms with Gasteiger partial charge in [-0.25, -0.2) is 4.79 Å². The summed E-state index contributed by atoms with van der Waals surface area (Å²) in [7, 11) is 1.54. The predicted molar refractivity (Wildman–Crippen MR) is 74.9 cm³/mol. The molecule has 0 saturated carbocycles. The maximum absolute atomic E-state index is 12.2. The Balaban J connectivity index is 2.41. The molecule has 0 unspecified atom stereocenters. The highest BCUT2D eigenvalue weighted by Crippen LogP contribution is 2.24. The maximum Gasteiger partial charge on any atom is 0.337 e. The molecule has 6 heteroatoms. The van der Waals surface area contributed by atoms with Crippen molar-refractivity contribution < 1.29 is 14.7 Å². The molecular formula is C13H12N2O3S. The number of carbonyl (C=O) groups excluding carboxylic acids is 1. The van der Waals surface area contributed by atoms with Crippen molar-refractivity contribution in [1.82, 2.24) is 0 Å². The van der Waals surface area contributed by atoms with E-state index in [1.54, 1.807) is 22.9 Å². The fourth-order valence-electron chi connectivity index (χ4n) is 1.71. The van der Waals surface area contributed by atoms with E-state index in [-0.39, 0.29) is 11.5 Å². The summed E-state index contributed by atoms with van der Waals surface area (Å²) in [6.07, 6.45) is 0. The number of hydrogen-bond acceptors (Lipinski definition) is 4. The van der Waals surface area contributed by atoms with Gasteiger partial charge in [-0.15, -0.1) is 0 Å². The van der Waals surface area contributed by atoms with Gasteiger partial charge in [0.15, 0.2) is 0 Å². The Labute approximate surface area is 113 Å². The number of nitrogens with zero attached hydrogens (tertiary/aromatic N) is 1. The number of thiophene rings is 1. The monoisotopic (exact) mass is 276 g/mol. The lowest BCUT2D eigenvalue weighted by Gasteiger charge is -2.19. The quantitative estimate of drug-likeness (QED) is 0.842.